The van der Waals surface area contributed by atoms with Gasteiger partial charge in [0.2, 0.25) is 0 Å². The highest BCUT2D eigenvalue weighted by molar-refractivity contribution is 5.74. The van der Waals surface area contributed by atoms with E-state index in [2.05, 4.69) is 46.0 Å². The molecular formula is C19H27N5O. The molecule has 3 rings (SSSR count). The topological polar surface area (TPSA) is 53.4 Å². The molecule has 134 valence electrons. The minimum absolute atomic E-state index is 0.000751. The van der Waals surface area contributed by atoms with Gasteiger partial charge in [0.05, 0.1) is 6.54 Å². The van der Waals surface area contributed by atoms with Gasteiger partial charge in [0.1, 0.15) is 5.82 Å². The number of nitrogens with zero attached hydrogens (tertiary/aromatic N) is 4. The molecule has 2 amide bonds. The number of benzene rings is 1. The highest BCUT2D eigenvalue weighted by Crippen LogP contribution is 2.14. The monoisotopic (exact) mass is 341 g/mol. The number of hydrogen-bond donors (Lipinski definition) is 1. The first kappa shape index (κ1) is 17.5. The van der Waals surface area contributed by atoms with Gasteiger partial charge in [0.15, 0.2) is 0 Å². The van der Waals surface area contributed by atoms with Gasteiger partial charge in [-0.2, -0.15) is 0 Å². The summed E-state index contributed by atoms with van der Waals surface area (Å²) in [6.45, 7) is 2.83. The predicted molar refractivity (Wildman–Crippen MR) is 98.3 cm³/mol. The molecule has 1 aliphatic rings. The number of carbonyl (C=O) groups excluding carboxylic acids is 1. The van der Waals surface area contributed by atoms with Crippen molar-refractivity contribution in [1.29, 1.82) is 0 Å². The molecule has 25 heavy (non-hydrogen) atoms. The summed E-state index contributed by atoms with van der Waals surface area (Å²) in [5.41, 5.74) is 1.22. The molecule has 1 fully saturated rings. The molecule has 0 unspecified atom stereocenters. The van der Waals surface area contributed by atoms with Crippen LogP contribution in [0.2, 0.25) is 0 Å². The normalized spacial score (nSPS) is 17.7. The molecule has 1 aromatic heterocycles. The van der Waals surface area contributed by atoms with E-state index in [1.165, 1.54) is 5.56 Å². The summed E-state index contributed by atoms with van der Waals surface area (Å²) >= 11 is 0. The number of nitrogens with one attached hydrogen (secondary N) is 1. The molecule has 0 bridgehead atoms. The lowest BCUT2D eigenvalue weighted by molar-refractivity contribution is 0.139. The third kappa shape index (κ3) is 4.60. The zero-order valence-electron chi connectivity index (χ0n) is 15.1. The molecule has 0 spiro atoms. The molecule has 6 heteroatoms. The summed E-state index contributed by atoms with van der Waals surface area (Å²) < 4.78 is 2.08. The van der Waals surface area contributed by atoms with Gasteiger partial charge in [0, 0.05) is 38.1 Å². The second kappa shape index (κ2) is 8.16. The smallest absolute Gasteiger partial charge is 0.317 e. The molecule has 6 nitrogen and oxygen atoms in total. The lowest BCUT2D eigenvalue weighted by Crippen LogP contribution is -2.50. The Labute approximate surface area is 149 Å². The lowest BCUT2D eigenvalue weighted by Gasteiger charge is -2.36. The quantitative estimate of drug-likeness (QED) is 0.907. The van der Waals surface area contributed by atoms with Gasteiger partial charge in [-0.3, -0.25) is 0 Å². The lowest BCUT2D eigenvalue weighted by atomic mass is 10.1. The summed E-state index contributed by atoms with van der Waals surface area (Å²) in [6, 6.07) is 10.7. The minimum atomic E-state index is 0.000751. The highest BCUT2D eigenvalue weighted by atomic mass is 16.2. The summed E-state index contributed by atoms with van der Waals surface area (Å²) in [4.78, 5) is 21.0. The van der Waals surface area contributed by atoms with Crippen LogP contribution in [0.5, 0.6) is 0 Å². The average molecular weight is 341 g/mol. The van der Waals surface area contributed by atoms with Gasteiger partial charge in [-0.15, -0.1) is 0 Å². The first-order chi connectivity index (χ1) is 12.1. The van der Waals surface area contributed by atoms with Crippen molar-refractivity contribution in [2.75, 3.05) is 27.2 Å². The van der Waals surface area contributed by atoms with E-state index in [1.54, 1.807) is 6.20 Å². The second-order valence-electron chi connectivity index (χ2n) is 6.82. The van der Waals surface area contributed by atoms with Crippen LogP contribution in [0.15, 0.2) is 42.7 Å². The number of aromatic nitrogens is 2. The molecule has 1 saturated heterocycles. The van der Waals surface area contributed by atoms with Crippen molar-refractivity contribution in [3.8, 4) is 0 Å². The van der Waals surface area contributed by atoms with Gasteiger partial charge < -0.3 is 19.7 Å². The van der Waals surface area contributed by atoms with Gasteiger partial charge in [-0.05, 0) is 32.5 Å². The van der Waals surface area contributed by atoms with Crippen molar-refractivity contribution in [3.05, 3.63) is 54.1 Å². The maximum Gasteiger partial charge on any atom is 0.317 e. The largest absolute Gasteiger partial charge is 0.331 e. The Hall–Kier alpha value is -2.34. The van der Waals surface area contributed by atoms with Crippen LogP contribution in [0.3, 0.4) is 0 Å². The number of imidazole rings is 1. The number of hydrogen-bond acceptors (Lipinski definition) is 3. The van der Waals surface area contributed by atoms with E-state index in [0.29, 0.717) is 12.6 Å². The minimum Gasteiger partial charge on any atom is -0.331 e. The van der Waals surface area contributed by atoms with Crippen LogP contribution < -0.4 is 5.32 Å². The SMILES string of the molecule is CN(C)[C@H]1CCCN(C(=O)NCc2nccn2Cc2ccccc2)C1. The van der Waals surface area contributed by atoms with Gasteiger partial charge in [0.25, 0.3) is 0 Å². The number of amides is 2. The first-order valence-corrected chi connectivity index (χ1v) is 8.86. The van der Waals surface area contributed by atoms with Crippen molar-refractivity contribution in [3.63, 3.8) is 0 Å². The first-order valence-electron chi connectivity index (χ1n) is 8.86. The van der Waals surface area contributed by atoms with Gasteiger partial charge in [-0.25, -0.2) is 9.78 Å². The Balaban J connectivity index is 1.55. The highest BCUT2D eigenvalue weighted by Gasteiger charge is 2.24. The van der Waals surface area contributed by atoms with E-state index >= 15 is 0 Å². The summed E-state index contributed by atoms with van der Waals surface area (Å²) in [5.74, 6) is 0.873. The van der Waals surface area contributed by atoms with Crippen LogP contribution in [-0.2, 0) is 13.1 Å². The Morgan fingerprint density at radius 1 is 1.32 bits per heavy atom. The van der Waals surface area contributed by atoms with Crippen LogP contribution in [0.25, 0.3) is 0 Å². The third-order valence-corrected chi connectivity index (χ3v) is 4.81. The number of carbonyl (C=O) groups is 1. The van der Waals surface area contributed by atoms with Crippen LogP contribution in [0, 0.1) is 0 Å². The summed E-state index contributed by atoms with van der Waals surface area (Å²) in [6.07, 6.45) is 5.95. The summed E-state index contributed by atoms with van der Waals surface area (Å²) in [7, 11) is 4.15. The number of rotatable bonds is 5. The Morgan fingerprint density at radius 3 is 2.88 bits per heavy atom. The van der Waals surface area contributed by atoms with E-state index in [1.807, 2.05) is 29.3 Å². The third-order valence-electron chi connectivity index (χ3n) is 4.81. The zero-order chi connectivity index (χ0) is 17.6. The van der Waals surface area contributed by atoms with Crippen molar-refractivity contribution >= 4 is 6.03 Å². The van der Waals surface area contributed by atoms with Crippen LogP contribution in [-0.4, -0.2) is 58.6 Å². The molecular weight excluding hydrogens is 314 g/mol. The molecule has 0 radical (unpaired) electrons. The molecule has 1 aromatic carbocycles. The van der Waals surface area contributed by atoms with Crippen LogP contribution in [0.4, 0.5) is 4.79 Å². The number of likely N-dealkylation sites (tertiary alicyclic amines) is 1. The number of piperidine rings is 1. The van der Waals surface area contributed by atoms with Crippen molar-refractivity contribution in [2.24, 2.45) is 0 Å². The fourth-order valence-corrected chi connectivity index (χ4v) is 3.26. The fourth-order valence-electron chi connectivity index (χ4n) is 3.26. The average Bonchev–Trinajstić information content (AvgIpc) is 3.07. The molecule has 1 aliphatic heterocycles. The van der Waals surface area contributed by atoms with Crippen LogP contribution >= 0.6 is 0 Å². The van der Waals surface area contributed by atoms with Crippen LogP contribution in [0.1, 0.15) is 24.2 Å². The van der Waals surface area contributed by atoms with E-state index in [9.17, 15) is 4.79 Å². The fraction of sp³-hybridized carbons (Fsp3) is 0.474. The Bertz CT molecular complexity index is 682. The zero-order valence-corrected chi connectivity index (χ0v) is 15.1. The standard InChI is InChI=1S/C19H27N5O/c1-22(2)17-9-6-11-24(15-17)19(25)21-13-18-20-10-12-23(18)14-16-7-4-3-5-8-16/h3-5,7-8,10,12,17H,6,9,11,13-15H2,1-2H3,(H,21,25)/t17-/m0/s1. The Kier molecular flexibility index (Phi) is 5.71. The molecule has 1 atom stereocenters. The Morgan fingerprint density at radius 2 is 2.12 bits per heavy atom. The number of urea groups is 1. The van der Waals surface area contributed by atoms with Gasteiger partial charge >= 0.3 is 6.03 Å². The van der Waals surface area contributed by atoms with E-state index in [4.69, 9.17) is 0 Å². The molecule has 1 N–H and O–H groups in total. The molecule has 0 saturated carbocycles. The maximum atomic E-state index is 12.5. The van der Waals surface area contributed by atoms with E-state index in [-0.39, 0.29) is 6.03 Å². The van der Waals surface area contributed by atoms with Gasteiger partial charge in [-0.1, -0.05) is 30.3 Å². The molecule has 2 aromatic rings. The predicted octanol–water partition coefficient (Wildman–Crippen LogP) is 2.17. The molecule has 2 heterocycles. The molecule has 0 aliphatic carbocycles. The van der Waals surface area contributed by atoms with Crippen molar-refractivity contribution in [1.82, 2.24) is 24.7 Å². The summed E-state index contributed by atoms with van der Waals surface area (Å²) in [5, 5.41) is 3.03. The van der Waals surface area contributed by atoms with Crippen molar-refractivity contribution < 1.29 is 4.79 Å². The van der Waals surface area contributed by atoms with E-state index in [0.717, 1.165) is 38.3 Å². The second-order valence-corrected chi connectivity index (χ2v) is 6.82. The maximum absolute atomic E-state index is 12.5. The number of likely N-dealkylation sites (N-methyl/N-ethyl adjacent to an activating group) is 1. The van der Waals surface area contributed by atoms with Crippen molar-refractivity contribution in [2.45, 2.75) is 32.0 Å². The van der Waals surface area contributed by atoms with E-state index < -0.39 is 0 Å².